The average Bonchev–Trinajstić information content (AvgIpc) is 2.90. The first-order valence-corrected chi connectivity index (χ1v) is 7.27. The molecule has 0 aliphatic heterocycles. The number of nitrogens with zero attached hydrogens (tertiary/aromatic N) is 2. The van der Waals surface area contributed by atoms with Gasteiger partial charge in [-0.2, -0.15) is 13.9 Å². The molecule has 0 aliphatic rings. The highest BCUT2D eigenvalue weighted by Crippen LogP contribution is 2.28. The molecule has 2 aromatic rings. The predicted octanol–water partition coefficient (Wildman–Crippen LogP) is 3.13. The maximum atomic E-state index is 12.3. The number of hydrogen-bond acceptors (Lipinski definition) is 4. The Kier molecular flexibility index (Phi) is 5.06. The van der Waals surface area contributed by atoms with Crippen molar-refractivity contribution >= 4 is 11.6 Å². The van der Waals surface area contributed by atoms with E-state index in [4.69, 9.17) is 0 Å². The molecule has 2 N–H and O–H groups in total. The molecule has 0 saturated heterocycles. The Morgan fingerprint density at radius 3 is 2.71 bits per heavy atom. The van der Waals surface area contributed by atoms with Crippen LogP contribution in [0.2, 0.25) is 0 Å². The van der Waals surface area contributed by atoms with Gasteiger partial charge in [0.25, 0.3) is 0 Å². The third-order valence-electron chi connectivity index (χ3n) is 3.16. The highest BCUT2D eigenvalue weighted by molar-refractivity contribution is 5.92. The second-order valence-electron chi connectivity index (χ2n) is 6.25. The molecule has 1 aromatic heterocycles. The van der Waals surface area contributed by atoms with Gasteiger partial charge in [-0.1, -0.05) is 6.07 Å². The molecule has 8 heteroatoms. The Labute approximate surface area is 138 Å². The molecule has 2 rings (SSSR count). The Hall–Kier alpha value is -2.64. The standard InChI is InChI=1S/C16H19F2N3O3/c1-16(2,3)21-9-11(8-19-21)20-14(23)7-10-4-5-12(22)13(6-10)24-15(17)18/h4-6,8-9,15,22H,7H2,1-3H3,(H,20,23). The van der Waals surface area contributed by atoms with Crippen molar-refractivity contribution in [2.45, 2.75) is 39.3 Å². The average molecular weight is 339 g/mol. The van der Waals surface area contributed by atoms with Crippen LogP contribution in [-0.4, -0.2) is 27.4 Å². The van der Waals surface area contributed by atoms with E-state index in [0.717, 1.165) is 0 Å². The summed E-state index contributed by atoms with van der Waals surface area (Å²) in [6.45, 7) is 2.88. The van der Waals surface area contributed by atoms with Crippen LogP contribution in [0.3, 0.4) is 0 Å². The minimum absolute atomic E-state index is 0.0550. The van der Waals surface area contributed by atoms with Crippen LogP contribution in [-0.2, 0) is 16.8 Å². The zero-order valence-corrected chi connectivity index (χ0v) is 13.6. The highest BCUT2D eigenvalue weighted by atomic mass is 19.3. The van der Waals surface area contributed by atoms with Crippen LogP contribution >= 0.6 is 0 Å². The smallest absolute Gasteiger partial charge is 0.387 e. The molecule has 0 fully saturated rings. The number of hydrogen-bond donors (Lipinski definition) is 2. The van der Waals surface area contributed by atoms with E-state index >= 15 is 0 Å². The number of phenolic OH excluding ortho intramolecular Hbond substituents is 1. The van der Waals surface area contributed by atoms with E-state index in [-0.39, 0.29) is 23.6 Å². The van der Waals surface area contributed by atoms with Crippen molar-refractivity contribution in [2.75, 3.05) is 5.32 Å². The number of rotatable bonds is 5. The lowest BCUT2D eigenvalue weighted by molar-refractivity contribution is -0.115. The van der Waals surface area contributed by atoms with Gasteiger partial charge in [-0.05, 0) is 38.5 Å². The highest BCUT2D eigenvalue weighted by Gasteiger charge is 2.15. The van der Waals surface area contributed by atoms with E-state index < -0.39 is 12.4 Å². The third kappa shape index (κ3) is 4.68. The third-order valence-corrected chi connectivity index (χ3v) is 3.16. The molecule has 0 bridgehead atoms. The molecule has 0 atom stereocenters. The number of anilines is 1. The number of aromatic hydroxyl groups is 1. The normalized spacial score (nSPS) is 11.6. The predicted molar refractivity (Wildman–Crippen MR) is 84.3 cm³/mol. The first kappa shape index (κ1) is 17.7. The Morgan fingerprint density at radius 1 is 1.42 bits per heavy atom. The fourth-order valence-electron chi connectivity index (χ4n) is 2.00. The zero-order chi connectivity index (χ0) is 17.9. The van der Waals surface area contributed by atoms with Crippen molar-refractivity contribution in [1.29, 1.82) is 0 Å². The van der Waals surface area contributed by atoms with Gasteiger partial charge in [0, 0.05) is 6.20 Å². The molecule has 0 spiro atoms. The van der Waals surface area contributed by atoms with E-state index in [2.05, 4.69) is 15.2 Å². The maximum Gasteiger partial charge on any atom is 0.387 e. The lowest BCUT2D eigenvalue weighted by atomic mass is 10.1. The number of carbonyl (C=O) groups is 1. The van der Waals surface area contributed by atoms with Gasteiger partial charge in [0.1, 0.15) is 0 Å². The zero-order valence-electron chi connectivity index (χ0n) is 13.6. The summed E-state index contributed by atoms with van der Waals surface area (Å²) in [7, 11) is 0. The fraction of sp³-hybridized carbons (Fsp3) is 0.375. The summed E-state index contributed by atoms with van der Waals surface area (Å²) in [5.41, 5.74) is 0.767. The number of alkyl halides is 2. The monoisotopic (exact) mass is 339 g/mol. The number of carbonyl (C=O) groups excluding carboxylic acids is 1. The summed E-state index contributed by atoms with van der Waals surface area (Å²) in [5, 5.41) is 16.3. The van der Waals surface area contributed by atoms with Gasteiger partial charge in [-0.15, -0.1) is 0 Å². The number of nitrogens with one attached hydrogen (secondary N) is 1. The minimum atomic E-state index is -3.05. The van der Waals surface area contributed by atoms with Crippen molar-refractivity contribution in [3.63, 3.8) is 0 Å². The van der Waals surface area contributed by atoms with Crippen molar-refractivity contribution in [3.05, 3.63) is 36.2 Å². The second-order valence-corrected chi connectivity index (χ2v) is 6.25. The number of aromatic nitrogens is 2. The van der Waals surface area contributed by atoms with Gasteiger partial charge in [0.05, 0.1) is 23.8 Å². The van der Waals surface area contributed by atoms with Gasteiger partial charge in [-0.25, -0.2) is 0 Å². The molecule has 0 unspecified atom stereocenters. The summed E-state index contributed by atoms with van der Waals surface area (Å²) in [6.07, 6.45) is 3.19. The quantitative estimate of drug-likeness (QED) is 0.877. The number of amides is 1. The molecule has 24 heavy (non-hydrogen) atoms. The van der Waals surface area contributed by atoms with E-state index in [1.165, 1.54) is 24.4 Å². The molecule has 0 saturated carbocycles. The summed E-state index contributed by atoms with van der Waals surface area (Å²) < 4.78 is 30.4. The fourth-order valence-corrected chi connectivity index (χ4v) is 2.00. The summed E-state index contributed by atoms with van der Waals surface area (Å²) >= 11 is 0. The summed E-state index contributed by atoms with van der Waals surface area (Å²) in [5.74, 6) is -1.11. The summed E-state index contributed by atoms with van der Waals surface area (Å²) in [4.78, 5) is 12.1. The Balaban J connectivity index is 2.03. The first-order valence-electron chi connectivity index (χ1n) is 7.27. The van der Waals surface area contributed by atoms with Gasteiger partial charge < -0.3 is 15.2 Å². The number of halogens is 2. The van der Waals surface area contributed by atoms with Gasteiger partial charge >= 0.3 is 6.61 Å². The van der Waals surface area contributed by atoms with Crippen LogP contribution in [0.25, 0.3) is 0 Å². The van der Waals surface area contributed by atoms with Crippen LogP contribution < -0.4 is 10.1 Å². The van der Waals surface area contributed by atoms with Crippen LogP contribution in [0.15, 0.2) is 30.6 Å². The molecule has 130 valence electrons. The molecule has 6 nitrogen and oxygen atoms in total. The molecule has 1 aromatic carbocycles. The molecule has 1 amide bonds. The Morgan fingerprint density at radius 2 is 2.12 bits per heavy atom. The van der Waals surface area contributed by atoms with Gasteiger partial charge in [0.15, 0.2) is 11.5 Å². The molecule has 1 heterocycles. The largest absolute Gasteiger partial charge is 0.504 e. The lowest BCUT2D eigenvalue weighted by Crippen LogP contribution is -2.22. The molecular weight excluding hydrogens is 320 g/mol. The van der Waals surface area contributed by atoms with Crippen molar-refractivity contribution < 1.29 is 23.4 Å². The van der Waals surface area contributed by atoms with Gasteiger partial charge in [-0.3, -0.25) is 9.48 Å². The number of benzene rings is 1. The van der Waals surface area contributed by atoms with E-state index in [0.29, 0.717) is 11.3 Å². The van der Waals surface area contributed by atoms with Gasteiger partial charge in [0.2, 0.25) is 5.91 Å². The molecule has 0 radical (unpaired) electrons. The van der Waals surface area contributed by atoms with Crippen LogP contribution in [0, 0.1) is 0 Å². The summed E-state index contributed by atoms with van der Waals surface area (Å²) in [6, 6.07) is 3.88. The van der Waals surface area contributed by atoms with E-state index in [1.807, 2.05) is 20.8 Å². The number of phenols is 1. The SMILES string of the molecule is CC(C)(C)n1cc(NC(=O)Cc2ccc(O)c(OC(F)F)c2)cn1. The van der Waals surface area contributed by atoms with Crippen molar-refractivity contribution in [2.24, 2.45) is 0 Å². The topological polar surface area (TPSA) is 76.4 Å². The minimum Gasteiger partial charge on any atom is -0.504 e. The molecular formula is C16H19F2N3O3. The molecule has 0 aliphatic carbocycles. The first-order chi connectivity index (χ1) is 11.1. The van der Waals surface area contributed by atoms with E-state index in [1.54, 1.807) is 10.9 Å². The number of ether oxygens (including phenoxy) is 1. The van der Waals surface area contributed by atoms with E-state index in [9.17, 15) is 18.7 Å². The Bertz CT molecular complexity index is 724. The van der Waals surface area contributed by atoms with Crippen molar-refractivity contribution in [1.82, 2.24) is 9.78 Å². The second kappa shape index (κ2) is 6.86. The maximum absolute atomic E-state index is 12.3. The van der Waals surface area contributed by atoms with Crippen LogP contribution in [0.4, 0.5) is 14.5 Å². The van der Waals surface area contributed by atoms with Crippen LogP contribution in [0.1, 0.15) is 26.3 Å². The van der Waals surface area contributed by atoms with Crippen molar-refractivity contribution in [3.8, 4) is 11.5 Å². The van der Waals surface area contributed by atoms with Crippen LogP contribution in [0.5, 0.6) is 11.5 Å². The lowest BCUT2D eigenvalue weighted by Gasteiger charge is -2.18.